The van der Waals surface area contributed by atoms with E-state index in [0.717, 1.165) is 44.2 Å². The first-order valence-electron chi connectivity index (χ1n) is 11.4. The van der Waals surface area contributed by atoms with Crippen molar-refractivity contribution < 1.29 is 9.47 Å². The van der Waals surface area contributed by atoms with Crippen molar-refractivity contribution in [2.45, 2.75) is 18.9 Å². The summed E-state index contributed by atoms with van der Waals surface area (Å²) in [4.78, 5) is 7.80. The molecule has 0 aromatic heterocycles. The zero-order chi connectivity index (χ0) is 21.5. The molecule has 4 rings (SSSR count). The highest BCUT2D eigenvalue weighted by molar-refractivity contribution is 5.51. The van der Waals surface area contributed by atoms with Gasteiger partial charge in [-0.1, -0.05) is 24.3 Å². The maximum absolute atomic E-state index is 5.28. The van der Waals surface area contributed by atoms with Crippen molar-refractivity contribution in [2.24, 2.45) is 0 Å². The highest BCUT2D eigenvalue weighted by Crippen LogP contribution is 2.23. The van der Waals surface area contributed by atoms with Crippen molar-refractivity contribution in [3.8, 4) is 11.5 Å². The van der Waals surface area contributed by atoms with E-state index in [0.29, 0.717) is 6.04 Å². The minimum atomic E-state index is 0.682. The Labute approximate surface area is 186 Å². The lowest BCUT2D eigenvalue weighted by atomic mass is 10.0. The number of likely N-dealkylation sites (tertiary alicyclic amines) is 1. The van der Waals surface area contributed by atoms with Crippen LogP contribution >= 0.6 is 0 Å². The largest absolute Gasteiger partial charge is 0.497 e. The number of ether oxygens (including phenoxy) is 2. The standard InChI is InChI=1S/C26H35N3O2/c1-30-25-11-7-22(8-12-25)5-3-15-27-16-4-6-24(21-27)29-19-17-28(18-20-29)23-9-13-26(31-2)14-10-23/h3,5,7-14,24H,4,6,15-21H2,1-2H3. The molecular formula is C26H35N3O2. The van der Waals surface area contributed by atoms with Crippen LogP contribution in [0.25, 0.3) is 6.08 Å². The summed E-state index contributed by atoms with van der Waals surface area (Å²) in [6, 6.07) is 17.4. The Morgan fingerprint density at radius 1 is 0.839 bits per heavy atom. The fourth-order valence-electron chi connectivity index (χ4n) is 4.69. The van der Waals surface area contributed by atoms with Crippen LogP contribution in [0.5, 0.6) is 11.5 Å². The summed E-state index contributed by atoms with van der Waals surface area (Å²) in [5, 5.41) is 0. The summed E-state index contributed by atoms with van der Waals surface area (Å²) in [5.41, 5.74) is 2.53. The van der Waals surface area contributed by atoms with Crippen molar-refractivity contribution in [1.29, 1.82) is 0 Å². The smallest absolute Gasteiger partial charge is 0.119 e. The molecule has 1 unspecified atom stereocenters. The summed E-state index contributed by atoms with van der Waals surface area (Å²) in [7, 11) is 3.42. The Morgan fingerprint density at radius 3 is 2.13 bits per heavy atom. The SMILES string of the molecule is COc1ccc(C=CCN2CCCC(N3CCN(c4ccc(OC)cc4)CC3)C2)cc1. The number of piperidine rings is 1. The monoisotopic (exact) mass is 421 g/mol. The van der Waals surface area contributed by atoms with Crippen LogP contribution in [0.2, 0.25) is 0 Å². The number of hydrogen-bond acceptors (Lipinski definition) is 5. The molecule has 2 saturated heterocycles. The van der Waals surface area contributed by atoms with Gasteiger partial charge in [-0.25, -0.2) is 0 Å². The molecule has 0 aliphatic carbocycles. The van der Waals surface area contributed by atoms with Crippen LogP contribution in [0.15, 0.2) is 54.6 Å². The molecule has 5 nitrogen and oxygen atoms in total. The summed E-state index contributed by atoms with van der Waals surface area (Å²) >= 11 is 0. The Hall–Kier alpha value is -2.50. The molecular weight excluding hydrogens is 386 g/mol. The number of nitrogens with zero attached hydrogens (tertiary/aromatic N) is 3. The van der Waals surface area contributed by atoms with E-state index in [1.165, 1.54) is 37.2 Å². The highest BCUT2D eigenvalue weighted by atomic mass is 16.5. The molecule has 2 aromatic carbocycles. The molecule has 2 aromatic rings. The fraction of sp³-hybridized carbons (Fsp3) is 0.462. The third-order valence-corrected chi connectivity index (χ3v) is 6.54. The fourth-order valence-corrected chi connectivity index (χ4v) is 4.69. The molecule has 0 saturated carbocycles. The number of rotatable bonds is 7. The van der Waals surface area contributed by atoms with E-state index >= 15 is 0 Å². The lowest BCUT2D eigenvalue weighted by molar-refractivity contribution is 0.0991. The normalized spacial score (nSPS) is 20.8. The van der Waals surface area contributed by atoms with Gasteiger partial charge in [0.2, 0.25) is 0 Å². The molecule has 0 bridgehead atoms. The first-order chi connectivity index (χ1) is 15.2. The van der Waals surface area contributed by atoms with Crippen LogP contribution in [0, 0.1) is 0 Å². The van der Waals surface area contributed by atoms with Crippen molar-refractivity contribution >= 4 is 11.8 Å². The van der Waals surface area contributed by atoms with Gasteiger partial charge in [0.05, 0.1) is 14.2 Å². The molecule has 166 valence electrons. The molecule has 2 fully saturated rings. The quantitative estimate of drug-likeness (QED) is 0.674. The molecule has 5 heteroatoms. The van der Waals surface area contributed by atoms with E-state index in [-0.39, 0.29) is 0 Å². The van der Waals surface area contributed by atoms with Crippen LogP contribution in [0.1, 0.15) is 18.4 Å². The second-order valence-corrected chi connectivity index (χ2v) is 8.45. The van der Waals surface area contributed by atoms with Gasteiger partial charge in [-0.05, 0) is 61.3 Å². The molecule has 2 aliphatic heterocycles. The lowest BCUT2D eigenvalue weighted by Crippen LogP contribution is -2.55. The third kappa shape index (κ3) is 5.81. The Kier molecular flexibility index (Phi) is 7.49. The molecule has 0 amide bonds. The maximum atomic E-state index is 5.28. The Balaban J connectivity index is 1.24. The third-order valence-electron chi connectivity index (χ3n) is 6.54. The molecule has 0 N–H and O–H groups in total. The van der Waals surface area contributed by atoms with Gasteiger partial charge in [-0.3, -0.25) is 9.80 Å². The number of benzene rings is 2. The summed E-state index contributed by atoms with van der Waals surface area (Å²) in [6.07, 6.45) is 7.13. The summed E-state index contributed by atoms with van der Waals surface area (Å²) in [6.45, 7) is 7.89. The molecule has 1 atom stereocenters. The van der Waals surface area contributed by atoms with Gasteiger partial charge < -0.3 is 14.4 Å². The van der Waals surface area contributed by atoms with E-state index in [4.69, 9.17) is 9.47 Å². The average molecular weight is 422 g/mol. The molecule has 2 heterocycles. The Morgan fingerprint density at radius 2 is 1.48 bits per heavy atom. The van der Waals surface area contributed by atoms with E-state index in [9.17, 15) is 0 Å². The summed E-state index contributed by atoms with van der Waals surface area (Å²) in [5.74, 6) is 1.83. The second kappa shape index (κ2) is 10.7. The molecule has 0 spiro atoms. The van der Waals surface area contributed by atoms with Gasteiger partial charge in [0.25, 0.3) is 0 Å². The van der Waals surface area contributed by atoms with E-state index in [1.54, 1.807) is 14.2 Å². The van der Waals surface area contributed by atoms with Crippen molar-refractivity contribution in [3.63, 3.8) is 0 Å². The second-order valence-electron chi connectivity index (χ2n) is 8.45. The van der Waals surface area contributed by atoms with Gasteiger partial charge in [0.1, 0.15) is 11.5 Å². The number of hydrogen-bond donors (Lipinski definition) is 0. The van der Waals surface area contributed by atoms with Gasteiger partial charge in [-0.2, -0.15) is 0 Å². The van der Waals surface area contributed by atoms with Crippen LogP contribution in [-0.2, 0) is 0 Å². The van der Waals surface area contributed by atoms with Crippen molar-refractivity contribution in [3.05, 3.63) is 60.2 Å². The molecule has 0 radical (unpaired) electrons. The number of anilines is 1. The minimum Gasteiger partial charge on any atom is -0.497 e. The van der Waals surface area contributed by atoms with Crippen LogP contribution < -0.4 is 14.4 Å². The lowest BCUT2D eigenvalue weighted by Gasteiger charge is -2.43. The van der Waals surface area contributed by atoms with Gasteiger partial charge >= 0.3 is 0 Å². The molecule has 2 aliphatic rings. The number of piperazine rings is 1. The predicted molar refractivity (Wildman–Crippen MR) is 128 cm³/mol. The van der Waals surface area contributed by atoms with E-state index < -0.39 is 0 Å². The van der Waals surface area contributed by atoms with Gasteiger partial charge in [-0.15, -0.1) is 0 Å². The first-order valence-corrected chi connectivity index (χ1v) is 11.4. The Bertz CT molecular complexity index is 827. The van der Waals surface area contributed by atoms with Gasteiger partial charge in [0, 0.05) is 51.0 Å². The van der Waals surface area contributed by atoms with Crippen molar-refractivity contribution in [2.75, 3.05) is 64.9 Å². The highest BCUT2D eigenvalue weighted by Gasteiger charge is 2.27. The zero-order valence-electron chi connectivity index (χ0n) is 18.9. The van der Waals surface area contributed by atoms with Crippen LogP contribution in [0.4, 0.5) is 5.69 Å². The molecule has 31 heavy (non-hydrogen) atoms. The first kappa shape index (κ1) is 21.7. The maximum Gasteiger partial charge on any atom is 0.119 e. The average Bonchev–Trinajstić information content (AvgIpc) is 2.85. The topological polar surface area (TPSA) is 28.2 Å². The minimum absolute atomic E-state index is 0.682. The van der Waals surface area contributed by atoms with Crippen LogP contribution in [0.3, 0.4) is 0 Å². The van der Waals surface area contributed by atoms with Crippen molar-refractivity contribution in [1.82, 2.24) is 9.80 Å². The van der Waals surface area contributed by atoms with Gasteiger partial charge in [0.15, 0.2) is 0 Å². The van der Waals surface area contributed by atoms with E-state index in [2.05, 4.69) is 63.2 Å². The number of methoxy groups -OCH3 is 2. The van der Waals surface area contributed by atoms with Crippen LogP contribution in [-0.4, -0.2) is 75.9 Å². The zero-order valence-corrected chi connectivity index (χ0v) is 18.9. The van der Waals surface area contributed by atoms with E-state index in [1.807, 2.05) is 12.1 Å². The predicted octanol–water partition coefficient (Wildman–Crippen LogP) is 4.00. The summed E-state index contributed by atoms with van der Waals surface area (Å²) < 4.78 is 10.5.